The van der Waals surface area contributed by atoms with Crippen LogP contribution in [0.2, 0.25) is 0 Å². The van der Waals surface area contributed by atoms with Crippen molar-refractivity contribution in [2.75, 3.05) is 0 Å². The predicted molar refractivity (Wildman–Crippen MR) is 74.2 cm³/mol. The average Bonchev–Trinajstić information content (AvgIpc) is 2.55. The minimum atomic E-state index is -0.644. The number of hydrogen-bond acceptors (Lipinski definition) is 2. The van der Waals surface area contributed by atoms with Crippen molar-refractivity contribution in [2.24, 2.45) is 0 Å². The third-order valence-electron chi connectivity index (χ3n) is 3.03. The lowest BCUT2D eigenvalue weighted by Crippen LogP contribution is -2.28. The molecule has 1 aromatic heterocycles. The van der Waals surface area contributed by atoms with Gasteiger partial charge in [0.1, 0.15) is 0 Å². The highest BCUT2D eigenvalue weighted by atomic mass is 79.9. The summed E-state index contributed by atoms with van der Waals surface area (Å²) in [5.41, 5.74) is 1.55. The van der Waals surface area contributed by atoms with Gasteiger partial charge in [-0.3, -0.25) is 4.68 Å². The van der Waals surface area contributed by atoms with Gasteiger partial charge >= 0.3 is 0 Å². The first-order valence-corrected chi connectivity index (χ1v) is 7.20. The van der Waals surface area contributed by atoms with Gasteiger partial charge in [-0.1, -0.05) is 20.3 Å². The summed E-state index contributed by atoms with van der Waals surface area (Å²) in [7, 11) is 0. The van der Waals surface area contributed by atoms with E-state index in [4.69, 9.17) is 0 Å². The van der Waals surface area contributed by atoms with Crippen molar-refractivity contribution in [1.29, 1.82) is 0 Å². The lowest BCUT2D eigenvalue weighted by atomic mass is 9.94. The highest BCUT2D eigenvalue weighted by Crippen LogP contribution is 2.27. The van der Waals surface area contributed by atoms with Gasteiger partial charge in [0.2, 0.25) is 0 Å². The smallest absolute Gasteiger partial charge is 0.0766 e. The molecular weight excluding hydrogens is 280 g/mol. The highest BCUT2D eigenvalue weighted by Gasteiger charge is 2.25. The molecule has 98 valence electrons. The summed E-state index contributed by atoms with van der Waals surface area (Å²) in [4.78, 5) is 0. The maximum Gasteiger partial charge on any atom is 0.0766 e. The van der Waals surface area contributed by atoms with Crippen LogP contribution in [0.5, 0.6) is 0 Å². The second kappa shape index (κ2) is 6.01. The summed E-state index contributed by atoms with van der Waals surface area (Å²) in [6.45, 7) is 9.02. The Morgan fingerprint density at radius 2 is 2.00 bits per heavy atom. The van der Waals surface area contributed by atoms with Gasteiger partial charge in [0, 0.05) is 13.0 Å². The van der Waals surface area contributed by atoms with E-state index in [0.29, 0.717) is 6.42 Å². The molecule has 0 aromatic carbocycles. The minimum absolute atomic E-state index is 0.644. The van der Waals surface area contributed by atoms with Crippen LogP contribution in [0.3, 0.4) is 0 Å². The van der Waals surface area contributed by atoms with Crippen LogP contribution in [-0.2, 0) is 19.4 Å². The molecule has 0 radical (unpaired) electrons. The molecule has 0 saturated heterocycles. The van der Waals surface area contributed by atoms with Crippen LogP contribution < -0.4 is 0 Å². The number of aromatic nitrogens is 2. The zero-order valence-electron chi connectivity index (χ0n) is 11.3. The summed E-state index contributed by atoms with van der Waals surface area (Å²) in [5, 5.41) is 14.9. The van der Waals surface area contributed by atoms with Gasteiger partial charge in [-0.25, -0.2) is 0 Å². The number of halogens is 1. The van der Waals surface area contributed by atoms with Crippen LogP contribution in [-0.4, -0.2) is 20.5 Å². The maximum absolute atomic E-state index is 10.3. The van der Waals surface area contributed by atoms with Crippen molar-refractivity contribution in [1.82, 2.24) is 9.78 Å². The number of rotatable bonds is 6. The summed E-state index contributed by atoms with van der Waals surface area (Å²) in [5.74, 6) is 0. The molecule has 0 aliphatic heterocycles. The Morgan fingerprint density at radius 1 is 1.35 bits per heavy atom. The molecule has 0 amide bonds. The van der Waals surface area contributed by atoms with Crippen molar-refractivity contribution in [3.63, 3.8) is 0 Å². The number of hydrogen-bond donors (Lipinski definition) is 1. The second-order valence-electron chi connectivity index (χ2n) is 4.80. The molecule has 0 fully saturated rings. The van der Waals surface area contributed by atoms with E-state index in [9.17, 15) is 5.11 Å². The van der Waals surface area contributed by atoms with Gasteiger partial charge in [0.05, 0.1) is 21.5 Å². The van der Waals surface area contributed by atoms with E-state index < -0.39 is 5.60 Å². The topological polar surface area (TPSA) is 38.1 Å². The number of aliphatic hydroxyl groups is 1. The normalized spacial score (nSPS) is 14.9. The van der Waals surface area contributed by atoms with E-state index in [1.54, 1.807) is 0 Å². The minimum Gasteiger partial charge on any atom is -0.390 e. The van der Waals surface area contributed by atoms with E-state index in [0.717, 1.165) is 41.7 Å². The quantitative estimate of drug-likeness (QED) is 0.875. The molecular formula is C13H23BrN2O. The van der Waals surface area contributed by atoms with Crippen molar-refractivity contribution >= 4 is 15.9 Å². The summed E-state index contributed by atoms with van der Waals surface area (Å²) in [6, 6.07) is 0. The second-order valence-corrected chi connectivity index (χ2v) is 5.59. The van der Waals surface area contributed by atoms with Crippen LogP contribution in [0.25, 0.3) is 0 Å². The summed E-state index contributed by atoms with van der Waals surface area (Å²) < 4.78 is 3.06. The Labute approximate surface area is 112 Å². The molecule has 0 spiro atoms. The van der Waals surface area contributed by atoms with Crippen LogP contribution in [0.4, 0.5) is 0 Å². The molecule has 0 bridgehead atoms. The molecule has 1 rings (SSSR count). The van der Waals surface area contributed by atoms with Gasteiger partial charge in [-0.05, 0) is 42.6 Å². The average molecular weight is 303 g/mol. The highest BCUT2D eigenvalue weighted by molar-refractivity contribution is 9.10. The zero-order chi connectivity index (χ0) is 13.1. The predicted octanol–water partition coefficient (Wildman–Crippen LogP) is 3.32. The molecule has 0 aliphatic rings. The molecule has 0 saturated carbocycles. The van der Waals surface area contributed by atoms with Crippen LogP contribution in [0.1, 0.15) is 51.9 Å². The van der Waals surface area contributed by atoms with Crippen molar-refractivity contribution in [2.45, 2.75) is 65.5 Å². The fourth-order valence-electron chi connectivity index (χ4n) is 2.17. The van der Waals surface area contributed by atoms with Crippen LogP contribution in [0.15, 0.2) is 4.47 Å². The van der Waals surface area contributed by atoms with Gasteiger partial charge in [0.15, 0.2) is 0 Å². The third kappa shape index (κ3) is 3.55. The number of aryl methyl sites for hydroxylation is 2. The van der Waals surface area contributed by atoms with E-state index in [1.165, 1.54) is 0 Å². The van der Waals surface area contributed by atoms with Gasteiger partial charge in [-0.15, -0.1) is 0 Å². The van der Waals surface area contributed by atoms with Crippen molar-refractivity contribution in [3.05, 3.63) is 15.9 Å². The fraction of sp³-hybridized carbons (Fsp3) is 0.769. The fourth-order valence-corrected chi connectivity index (χ4v) is 2.88. The van der Waals surface area contributed by atoms with E-state index in [2.05, 4.69) is 41.8 Å². The van der Waals surface area contributed by atoms with E-state index >= 15 is 0 Å². The van der Waals surface area contributed by atoms with Gasteiger partial charge in [0.25, 0.3) is 0 Å². The molecule has 1 unspecified atom stereocenters. The lowest BCUT2D eigenvalue weighted by Gasteiger charge is -2.23. The largest absolute Gasteiger partial charge is 0.390 e. The standard InChI is InChI=1S/C13H23BrN2O/c1-5-8-13(4,17)9-11-12(14)10(6-2)15-16(11)7-3/h17H,5-9H2,1-4H3. The Kier molecular flexibility index (Phi) is 5.20. The Hall–Kier alpha value is -0.350. The molecule has 1 atom stereocenters. The SMILES string of the molecule is CCCC(C)(O)Cc1c(Br)c(CC)nn1CC. The Balaban J connectivity index is 3.00. The van der Waals surface area contributed by atoms with Crippen LogP contribution in [0, 0.1) is 0 Å². The first kappa shape index (κ1) is 14.7. The zero-order valence-corrected chi connectivity index (χ0v) is 12.8. The van der Waals surface area contributed by atoms with Crippen LogP contribution >= 0.6 is 15.9 Å². The first-order chi connectivity index (χ1) is 7.95. The maximum atomic E-state index is 10.3. The Morgan fingerprint density at radius 3 is 2.47 bits per heavy atom. The molecule has 17 heavy (non-hydrogen) atoms. The first-order valence-electron chi connectivity index (χ1n) is 6.41. The lowest BCUT2D eigenvalue weighted by molar-refractivity contribution is 0.0483. The van der Waals surface area contributed by atoms with E-state index in [-0.39, 0.29) is 0 Å². The van der Waals surface area contributed by atoms with Gasteiger partial charge in [-0.2, -0.15) is 5.10 Å². The molecule has 4 heteroatoms. The molecule has 3 nitrogen and oxygen atoms in total. The number of nitrogens with zero attached hydrogens (tertiary/aromatic N) is 2. The van der Waals surface area contributed by atoms with E-state index in [1.807, 2.05) is 11.6 Å². The molecule has 1 heterocycles. The van der Waals surface area contributed by atoms with Gasteiger partial charge < -0.3 is 5.11 Å². The Bertz CT molecular complexity index is 372. The molecule has 1 N–H and O–H groups in total. The monoisotopic (exact) mass is 302 g/mol. The summed E-state index contributed by atoms with van der Waals surface area (Å²) in [6.07, 6.45) is 3.38. The third-order valence-corrected chi connectivity index (χ3v) is 3.95. The van der Waals surface area contributed by atoms with Crippen molar-refractivity contribution in [3.8, 4) is 0 Å². The summed E-state index contributed by atoms with van der Waals surface area (Å²) >= 11 is 3.61. The molecule has 1 aromatic rings. The van der Waals surface area contributed by atoms with Crippen molar-refractivity contribution < 1.29 is 5.11 Å². The molecule has 0 aliphatic carbocycles.